The predicted molar refractivity (Wildman–Crippen MR) is 102 cm³/mol. The van der Waals surface area contributed by atoms with Crippen LogP contribution in [0.3, 0.4) is 0 Å². The average molecular weight is 386 g/mol. The van der Waals surface area contributed by atoms with Crippen LogP contribution in [0.2, 0.25) is 5.02 Å². The van der Waals surface area contributed by atoms with E-state index in [-0.39, 0.29) is 12.0 Å². The zero-order valence-corrected chi connectivity index (χ0v) is 15.6. The molecule has 3 aromatic rings. The average Bonchev–Trinajstić information content (AvgIpc) is 3.25. The summed E-state index contributed by atoms with van der Waals surface area (Å²) in [5.74, 6) is 0.744. The highest BCUT2D eigenvalue weighted by Crippen LogP contribution is 2.16. The third-order valence-corrected chi connectivity index (χ3v) is 5.29. The van der Waals surface area contributed by atoms with Crippen LogP contribution in [0.1, 0.15) is 28.3 Å². The van der Waals surface area contributed by atoms with Crippen molar-refractivity contribution in [2.75, 3.05) is 13.1 Å². The second-order valence-electron chi connectivity index (χ2n) is 6.85. The Labute approximate surface area is 162 Å². The van der Waals surface area contributed by atoms with E-state index in [2.05, 4.69) is 15.2 Å². The smallest absolute Gasteiger partial charge is 0.295 e. The van der Waals surface area contributed by atoms with Crippen molar-refractivity contribution in [2.45, 2.75) is 25.6 Å². The van der Waals surface area contributed by atoms with Gasteiger partial charge in [-0.3, -0.25) is 9.69 Å². The van der Waals surface area contributed by atoms with Gasteiger partial charge in [0.25, 0.3) is 11.7 Å². The minimum atomic E-state index is -0.269. The van der Waals surface area contributed by atoms with Gasteiger partial charge in [0.1, 0.15) is 6.54 Å². The highest BCUT2D eigenvalue weighted by atomic mass is 35.5. The van der Waals surface area contributed by atoms with E-state index < -0.39 is 0 Å². The van der Waals surface area contributed by atoms with E-state index in [1.54, 1.807) is 0 Å². The lowest BCUT2D eigenvalue weighted by atomic mass is 10.2. The molecule has 4 rings (SSSR count). The fraction of sp³-hybridized carbons (Fsp3) is 0.300. The van der Waals surface area contributed by atoms with E-state index in [4.69, 9.17) is 11.6 Å². The molecule has 1 aliphatic rings. The number of carbonyl (C=O) groups is 1. The van der Waals surface area contributed by atoms with E-state index in [1.807, 2.05) is 53.1 Å². The van der Waals surface area contributed by atoms with Gasteiger partial charge in [-0.1, -0.05) is 35.9 Å². The van der Waals surface area contributed by atoms with Crippen molar-refractivity contribution in [3.05, 3.63) is 70.8 Å². The number of benzene rings is 1. The number of nitrogens with zero attached hydrogens (tertiary/aromatic N) is 2. The van der Waals surface area contributed by atoms with Crippen molar-refractivity contribution in [3.8, 4) is 0 Å². The lowest BCUT2D eigenvalue weighted by Gasteiger charge is -2.10. The zero-order chi connectivity index (χ0) is 18.8. The van der Waals surface area contributed by atoms with Gasteiger partial charge < -0.3 is 10.4 Å². The lowest BCUT2D eigenvalue weighted by molar-refractivity contribution is -0.522. The Hall–Kier alpha value is -2.41. The maximum absolute atomic E-state index is 12.8. The third kappa shape index (κ3) is 3.83. The van der Waals surface area contributed by atoms with Crippen molar-refractivity contribution in [2.24, 2.45) is 0 Å². The first-order valence-electron chi connectivity index (χ1n) is 9.05. The molecule has 2 aromatic heterocycles. The van der Waals surface area contributed by atoms with Crippen molar-refractivity contribution in [1.82, 2.24) is 15.2 Å². The number of hydrogen-bond acceptors (Lipinski definition) is 3. The molecular formula is C20H22ClN4O2+. The Morgan fingerprint density at radius 3 is 2.89 bits per heavy atom. The number of imidazole rings is 1. The molecule has 0 spiro atoms. The predicted octanol–water partition coefficient (Wildman–Crippen LogP) is 1.90. The molecule has 3 N–H and O–H groups in total. The highest BCUT2D eigenvalue weighted by molar-refractivity contribution is 6.31. The van der Waals surface area contributed by atoms with E-state index in [9.17, 15) is 9.90 Å². The molecule has 1 aromatic carbocycles. The van der Waals surface area contributed by atoms with E-state index >= 15 is 0 Å². The number of aliphatic hydroxyl groups is 1. The third-order valence-electron chi connectivity index (χ3n) is 4.92. The minimum Gasteiger partial charge on any atom is -0.392 e. The molecule has 1 saturated heterocycles. The highest BCUT2D eigenvalue weighted by Gasteiger charge is 2.27. The molecule has 0 radical (unpaired) electrons. The molecule has 0 saturated carbocycles. The number of aliphatic hydroxyl groups excluding tert-OH is 1. The zero-order valence-electron chi connectivity index (χ0n) is 14.9. The number of rotatable bonds is 5. The van der Waals surface area contributed by atoms with Gasteiger partial charge in [0.05, 0.1) is 12.3 Å². The topological polar surface area (TPSA) is 72.5 Å². The molecule has 1 unspecified atom stereocenters. The SMILES string of the molecule is O=C(NCc1ccccc1Cl)c1[nH]c(CN2CCC(O)C2)[n+]2ccccc12. The number of β-amino-alcohol motifs (C(OH)–C–C–N with tert-alkyl or cyclic N) is 1. The van der Waals surface area contributed by atoms with Gasteiger partial charge in [-0.2, -0.15) is 4.40 Å². The number of amides is 1. The van der Waals surface area contributed by atoms with Gasteiger partial charge in [-0.05, 0) is 30.2 Å². The molecule has 1 aliphatic heterocycles. The number of pyridine rings is 1. The second-order valence-corrected chi connectivity index (χ2v) is 7.26. The van der Waals surface area contributed by atoms with E-state index in [0.717, 1.165) is 29.9 Å². The van der Waals surface area contributed by atoms with Crippen LogP contribution in [0, 0.1) is 0 Å². The summed E-state index contributed by atoms with van der Waals surface area (Å²) in [6.45, 7) is 2.52. The summed E-state index contributed by atoms with van der Waals surface area (Å²) >= 11 is 6.17. The maximum Gasteiger partial charge on any atom is 0.295 e. The molecule has 6 nitrogen and oxygen atoms in total. The van der Waals surface area contributed by atoms with Crippen LogP contribution in [0.15, 0.2) is 48.7 Å². The summed E-state index contributed by atoms with van der Waals surface area (Å²) in [5, 5.41) is 13.3. The van der Waals surface area contributed by atoms with E-state index in [0.29, 0.717) is 30.4 Å². The van der Waals surface area contributed by atoms with Crippen LogP contribution in [0.25, 0.3) is 5.52 Å². The Balaban J connectivity index is 1.56. The van der Waals surface area contributed by atoms with Crippen molar-refractivity contribution in [3.63, 3.8) is 0 Å². The monoisotopic (exact) mass is 385 g/mol. The molecule has 1 fully saturated rings. The standard InChI is InChI=1S/C20H21ClN4O2/c21-16-6-2-1-5-14(16)11-22-20(27)19-17-7-3-4-9-25(17)18(23-19)13-24-10-8-15(26)12-24/h1-7,9,15,26H,8,10-13H2,(H,22,27)/p+1. The molecule has 140 valence electrons. The Morgan fingerprint density at radius 1 is 1.30 bits per heavy atom. The first kappa shape index (κ1) is 18.0. The largest absolute Gasteiger partial charge is 0.392 e. The molecule has 1 amide bonds. The van der Waals surface area contributed by atoms with Gasteiger partial charge in [0.15, 0.2) is 5.52 Å². The fourth-order valence-corrected chi connectivity index (χ4v) is 3.72. The summed E-state index contributed by atoms with van der Waals surface area (Å²) in [4.78, 5) is 18.3. The second kappa shape index (κ2) is 7.68. The molecule has 7 heteroatoms. The van der Waals surface area contributed by atoms with Crippen molar-refractivity contribution >= 4 is 23.0 Å². The Bertz CT molecular complexity index is 972. The molecule has 1 atom stereocenters. The molecule has 3 heterocycles. The number of carbonyl (C=O) groups excluding carboxylic acids is 1. The molecule has 0 aliphatic carbocycles. The van der Waals surface area contributed by atoms with Crippen LogP contribution < -0.4 is 9.72 Å². The number of likely N-dealkylation sites (tertiary alicyclic amines) is 1. The number of nitrogens with one attached hydrogen (secondary N) is 2. The van der Waals surface area contributed by atoms with Gasteiger partial charge >= 0.3 is 0 Å². The van der Waals surface area contributed by atoms with Crippen molar-refractivity contribution in [1.29, 1.82) is 0 Å². The summed E-state index contributed by atoms with van der Waals surface area (Å²) < 4.78 is 2.00. The maximum atomic E-state index is 12.8. The number of aromatic nitrogens is 2. The molecule has 27 heavy (non-hydrogen) atoms. The number of hydrogen-bond donors (Lipinski definition) is 3. The number of H-pyrrole nitrogens is 1. The van der Waals surface area contributed by atoms with Gasteiger partial charge in [-0.15, -0.1) is 0 Å². The van der Waals surface area contributed by atoms with Crippen LogP contribution in [0.5, 0.6) is 0 Å². The summed E-state index contributed by atoms with van der Waals surface area (Å²) in [6.07, 6.45) is 2.46. The summed E-state index contributed by atoms with van der Waals surface area (Å²) in [6, 6.07) is 13.2. The van der Waals surface area contributed by atoms with Gasteiger partial charge in [0.2, 0.25) is 5.69 Å². The number of halogens is 1. The first-order chi connectivity index (χ1) is 13.1. The van der Waals surface area contributed by atoms with Crippen LogP contribution in [-0.2, 0) is 13.1 Å². The number of fused-ring (bicyclic) bond motifs is 1. The van der Waals surface area contributed by atoms with E-state index in [1.165, 1.54) is 0 Å². The normalized spacial score (nSPS) is 17.5. The van der Waals surface area contributed by atoms with Crippen molar-refractivity contribution < 1.29 is 14.3 Å². The van der Waals surface area contributed by atoms with Crippen LogP contribution in [0.4, 0.5) is 0 Å². The van der Waals surface area contributed by atoms with Crippen LogP contribution in [-0.4, -0.2) is 40.1 Å². The van der Waals surface area contributed by atoms with Gasteiger partial charge in [-0.25, -0.2) is 4.98 Å². The fourth-order valence-electron chi connectivity index (χ4n) is 3.51. The summed E-state index contributed by atoms with van der Waals surface area (Å²) in [5.41, 5.74) is 2.23. The molecule has 0 bridgehead atoms. The van der Waals surface area contributed by atoms with Gasteiger partial charge in [0, 0.05) is 24.7 Å². The van der Waals surface area contributed by atoms with Crippen LogP contribution >= 0.6 is 11.6 Å². The summed E-state index contributed by atoms with van der Waals surface area (Å²) in [7, 11) is 0. The first-order valence-corrected chi connectivity index (χ1v) is 9.43. The number of aromatic amines is 1. The Kier molecular flexibility index (Phi) is 5.11. The Morgan fingerprint density at radius 2 is 2.11 bits per heavy atom. The lowest BCUT2D eigenvalue weighted by Crippen LogP contribution is -2.31. The minimum absolute atomic E-state index is 0.175. The molecular weight excluding hydrogens is 364 g/mol. The quantitative estimate of drug-likeness (QED) is 0.587.